The van der Waals surface area contributed by atoms with Crippen molar-refractivity contribution in [2.75, 3.05) is 0 Å². The standard InChI is InChI=1S/C25H16Cl3NO3/c26-13-9-7-12(8-10-13)11-29-23(30)19-18-14-3-1-5-16(27)20(14)25(32,22(19)24(29)31)21-15(18)4-2-6-17(21)28/h1-10,18-19,22,32H,11H2/t18?,19-,22+,25?/m0/s1. The normalized spacial score (nSPS) is 27.4. The molecule has 1 aliphatic heterocycles. The number of hydrogen-bond acceptors (Lipinski definition) is 3. The Kier molecular flexibility index (Phi) is 4.31. The Hall–Kier alpha value is -2.37. The van der Waals surface area contributed by atoms with Gasteiger partial charge in [-0.15, -0.1) is 0 Å². The lowest BCUT2D eigenvalue weighted by Gasteiger charge is -2.51. The van der Waals surface area contributed by atoms with Gasteiger partial charge < -0.3 is 5.11 Å². The van der Waals surface area contributed by atoms with Crippen molar-refractivity contribution in [2.45, 2.75) is 18.1 Å². The maximum Gasteiger partial charge on any atom is 0.237 e. The van der Waals surface area contributed by atoms with Crippen molar-refractivity contribution >= 4 is 46.6 Å². The third-order valence-electron chi connectivity index (χ3n) is 7.03. The van der Waals surface area contributed by atoms with Crippen LogP contribution in [0.25, 0.3) is 0 Å². The lowest BCUT2D eigenvalue weighted by Crippen LogP contribution is -2.54. The van der Waals surface area contributed by atoms with Gasteiger partial charge in [-0.05, 0) is 41.0 Å². The van der Waals surface area contributed by atoms with Crippen molar-refractivity contribution in [1.82, 2.24) is 4.90 Å². The number of carbonyl (C=O) groups excluding carboxylic acids is 2. The van der Waals surface area contributed by atoms with Gasteiger partial charge in [0, 0.05) is 32.1 Å². The van der Waals surface area contributed by atoms with Crippen LogP contribution < -0.4 is 0 Å². The van der Waals surface area contributed by atoms with Crippen LogP contribution in [-0.4, -0.2) is 21.8 Å². The summed E-state index contributed by atoms with van der Waals surface area (Å²) >= 11 is 19.1. The van der Waals surface area contributed by atoms with Crippen LogP contribution >= 0.6 is 34.8 Å². The number of aliphatic hydroxyl groups is 1. The van der Waals surface area contributed by atoms with Gasteiger partial charge in [0.05, 0.1) is 18.4 Å². The minimum absolute atomic E-state index is 0.110. The van der Waals surface area contributed by atoms with E-state index in [1.165, 1.54) is 4.90 Å². The zero-order valence-corrected chi connectivity index (χ0v) is 18.8. The number of rotatable bonds is 2. The molecule has 0 saturated carbocycles. The van der Waals surface area contributed by atoms with E-state index in [4.69, 9.17) is 34.8 Å². The van der Waals surface area contributed by atoms with Crippen LogP contribution in [0.3, 0.4) is 0 Å². The Morgan fingerprint density at radius 1 is 0.812 bits per heavy atom. The molecule has 3 aromatic carbocycles. The molecule has 4 nitrogen and oxygen atoms in total. The highest BCUT2D eigenvalue weighted by Crippen LogP contribution is 2.65. The van der Waals surface area contributed by atoms with E-state index in [-0.39, 0.29) is 12.5 Å². The number of nitrogens with zero attached hydrogens (tertiary/aromatic N) is 1. The number of likely N-dealkylation sites (tertiary alicyclic amines) is 1. The van der Waals surface area contributed by atoms with E-state index in [1.807, 2.05) is 12.1 Å². The fraction of sp³-hybridized carbons (Fsp3) is 0.200. The summed E-state index contributed by atoms with van der Waals surface area (Å²) in [6.07, 6.45) is 0. The quantitative estimate of drug-likeness (QED) is 0.512. The second kappa shape index (κ2) is 6.82. The van der Waals surface area contributed by atoms with Crippen LogP contribution in [0.15, 0.2) is 60.7 Å². The molecule has 7 rings (SSSR count). The second-order valence-corrected chi connectivity index (χ2v) is 9.80. The molecular formula is C25H16Cl3NO3. The lowest BCUT2D eigenvalue weighted by molar-refractivity contribution is -0.142. The summed E-state index contributed by atoms with van der Waals surface area (Å²) in [5.41, 5.74) is 1.48. The Bertz CT molecular complexity index is 1270. The Labute approximate surface area is 199 Å². The topological polar surface area (TPSA) is 57.6 Å². The summed E-state index contributed by atoms with van der Waals surface area (Å²) in [4.78, 5) is 28.6. The van der Waals surface area contributed by atoms with Crippen LogP contribution in [0.2, 0.25) is 15.1 Å². The fourth-order valence-corrected chi connectivity index (χ4v) is 6.63. The predicted molar refractivity (Wildman–Crippen MR) is 122 cm³/mol. The number of imide groups is 1. The van der Waals surface area contributed by atoms with Gasteiger partial charge in [0.2, 0.25) is 11.8 Å². The molecule has 4 aliphatic rings. The van der Waals surface area contributed by atoms with Gasteiger partial charge in [0.25, 0.3) is 0 Å². The zero-order valence-electron chi connectivity index (χ0n) is 16.6. The van der Waals surface area contributed by atoms with E-state index in [9.17, 15) is 14.7 Å². The molecule has 160 valence electrons. The highest BCUT2D eigenvalue weighted by molar-refractivity contribution is 6.33. The van der Waals surface area contributed by atoms with Gasteiger partial charge in [-0.2, -0.15) is 0 Å². The van der Waals surface area contributed by atoms with Gasteiger partial charge in [-0.1, -0.05) is 71.2 Å². The predicted octanol–water partition coefficient (Wildman–Crippen LogP) is 5.14. The second-order valence-electron chi connectivity index (χ2n) is 8.54. The van der Waals surface area contributed by atoms with Crippen molar-refractivity contribution in [3.63, 3.8) is 0 Å². The molecule has 2 amide bonds. The summed E-state index contributed by atoms with van der Waals surface area (Å²) in [5.74, 6) is -2.85. The van der Waals surface area contributed by atoms with Gasteiger partial charge in [-0.25, -0.2) is 0 Å². The highest BCUT2D eigenvalue weighted by atomic mass is 35.5. The molecule has 2 bridgehead atoms. The largest absolute Gasteiger partial charge is 0.379 e. The highest BCUT2D eigenvalue weighted by Gasteiger charge is 2.68. The van der Waals surface area contributed by atoms with Gasteiger partial charge in [-0.3, -0.25) is 14.5 Å². The Morgan fingerprint density at radius 2 is 1.38 bits per heavy atom. The SMILES string of the molecule is O=C1[C@H]2C3c4cccc(Cl)c4C(O)(c4c(Cl)cccc43)[C@H]2C(=O)N1Cc1ccc(Cl)cc1. The summed E-state index contributed by atoms with van der Waals surface area (Å²) in [6.45, 7) is 0.110. The summed E-state index contributed by atoms with van der Waals surface area (Å²) in [6, 6.07) is 17.7. The van der Waals surface area contributed by atoms with E-state index in [2.05, 4.69) is 0 Å². The minimum atomic E-state index is -1.79. The third kappa shape index (κ3) is 2.44. The molecular weight excluding hydrogens is 469 g/mol. The van der Waals surface area contributed by atoms with Gasteiger partial charge in [0.15, 0.2) is 0 Å². The van der Waals surface area contributed by atoms with Gasteiger partial charge >= 0.3 is 0 Å². The summed E-state index contributed by atoms with van der Waals surface area (Å²) < 4.78 is 0. The molecule has 2 atom stereocenters. The molecule has 32 heavy (non-hydrogen) atoms. The molecule has 3 aliphatic carbocycles. The van der Waals surface area contributed by atoms with Crippen LogP contribution in [0, 0.1) is 11.8 Å². The maximum atomic E-state index is 13.7. The molecule has 1 heterocycles. The molecule has 0 radical (unpaired) electrons. The zero-order chi connectivity index (χ0) is 22.4. The first kappa shape index (κ1) is 20.3. The van der Waals surface area contributed by atoms with Crippen LogP contribution in [-0.2, 0) is 21.7 Å². The molecule has 1 N–H and O–H groups in total. The van der Waals surface area contributed by atoms with Gasteiger partial charge in [0.1, 0.15) is 5.60 Å². The van der Waals surface area contributed by atoms with Crippen LogP contribution in [0.4, 0.5) is 0 Å². The van der Waals surface area contributed by atoms with E-state index in [1.54, 1.807) is 48.5 Å². The van der Waals surface area contributed by atoms with Crippen molar-refractivity contribution in [3.8, 4) is 0 Å². The first-order valence-electron chi connectivity index (χ1n) is 10.2. The maximum absolute atomic E-state index is 13.7. The Morgan fingerprint density at radius 3 is 1.94 bits per heavy atom. The summed E-state index contributed by atoms with van der Waals surface area (Å²) in [5, 5.41) is 13.6. The van der Waals surface area contributed by atoms with Crippen molar-refractivity contribution in [1.29, 1.82) is 0 Å². The Balaban J connectivity index is 1.56. The monoisotopic (exact) mass is 483 g/mol. The summed E-state index contributed by atoms with van der Waals surface area (Å²) in [7, 11) is 0. The van der Waals surface area contributed by atoms with Crippen LogP contribution in [0.1, 0.15) is 33.7 Å². The van der Waals surface area contributed by atoms with E-state index in [0.29, 0.717) is 26.2 Å². The van der Waals surface area contributed by atoms with Crippen molar-refractivity contribution < 1.29 is 14.7 Å². The molecule has 1 saturated heterocycles. The number of amides is 2. The van der Waals surface area contributed by atoms with Crippen LogP contribution in [0.5, 0.6) is 0 Å². The van der Waals surface area contributed by atoms with Crippen molar-refractivity contribution in [3.05, 3.63) is 104 Å². The fourth-order valence-electron chi connectivity index (χ4n) is 5.85. The molecule has 0 unspecified atom stereocenters. The average Bonchev–Trinajstić information content (AvgIpc) is 3.01. The third-order valence-corrected chi connectivity index (χ3v) is 7.91. The first-order valence-corrected chi connectivity index (χ1v) is 11.4. The number of carbonyl (C=O) groups is 2. The smallest absolute Gasteiger partial charge is 0.237 e. The average molecular weight is 485 g/mol. The first-order chi connectivity index (χ1) is 15.3. The van der Waals surface area contributed by atoms with E-state index >= 15 is 0 Å². The van der Waals surface area contributed by atoms with Crippen molar-refractivity contribution in [2.24, 2.45) is 11.8 Å². The molecule has 1 fully saturated rings. The lowest BCUT2D eigenvalue weighted by atomic mass is 9.52. The van der Waals surface area contributed by atoms with E-state index in [0.717, 1.165) is 16.7 Å². The minimum Gasteiger partial charge on any atom is -0.379 e. The molecule has 0 aromatic heterocycles. The number of hydrogen-bond donors (Lipinski definition) is 1. The number of halogens is 3. The van der Waals surface area contributed by atoms with E-state index < -0.39 is 29.3 Å². The number of benzene rings is 3. The molecule has 7 heteroatoms. The molecule has 0 spiro atoms. The molecule has 3 aromatic rings.